The lowest BCUT2D eigenvalue weighted by Gasteiger charge is -2.09. The highest BCUT2D eigenvalue weighted by molar-refractivity contribution is 5.90. The van der Waals surface area contributed by atoms with Crippen molar-refractivity contribution in [1.29, 1.82) is 0 Å². The van der Waals surface area contributed by atoms with Crippen LogP contribution in [0.25, 0.3) is 10.9 Å². The molecule has 0 unspecified atom stereocenters. The quantitative estimate of drug-likeness (QED) is 0.774. The first-order valence-corrected chi connectivity index (χ1v) is 4.59. The standard InChI is InChI=1S/C11H12N2O2/c1-15-10-4-2-3-7-8(6-14)9(12)5-13-11(7)10/h2-5,14H,6,12H2,1H3. The van der Waals surface area contributed by atoms with Crippen molar-refractivity contribution in [3.05, 3.63) is 30.0 Å². The van der Waals surface area contributed by atoms with Gasteiger partial charge in [-0.05, 0) is 6.07 Å². The van der Waals surface area contributed by atoms with Gasteiger partial charge in [-0.3, -0.25) is 4.98 Å². The Balaban J connectivity index is 2.82. The lowest BCUT2D eigenvalue weighted by atomic mass is 10.1. The van der Waals surface area contributed by atoms with Gasteiger partial charge in [0.25, 0.3) is 0 Å². The van der Waals surface area contributed by atoms with Crippen LogP contribution in [-0.4, -0.2) is 17.2 Å². The summed E-state index contributed by atoms with van der Waals surface area (Å²) in [5.74, 6) is 0.683. The number of ether oxygens (including phenoxy) is 1. The number of nitrogens with two attached hydrogens (primary N) is 1. The van der Waals surface area contributed by atoms with E-state index in [0.717, 1.165) is 10.9 Å². The van der Waals surface area contributed by atoms with E-state index in [2.05, 4.69) is 4.98 Å². The smallest absolute Gasteiger partial charge is 0.145 e. The van der Waals surface area contributed by atoms with E-state index in [9.17, 15) is 5.11 Å². The summed E-state index contributed by atoms with van der Waals surface area (Å²) in [7, 11) is 1.59. The van der Waals surface area contributed by atoms with Gasteiger partial charge in [0.2, 0.25) is 0 Å². The molecule has 2 aromatic rings. The molecule has 3 N–H and O–H groups in total. The SMILES string of the molecule is COc1cccc2c(CO)c(N)cnc12. The van der Waals surface area contributed by atoms with Gasteiger partial charge in [0.15, 0.2) is 0 Å². The number of aliphatic hydroxyl groups excluding tert-OH is 1. The highest BCUT2D eigenvalue weighted by Crippen LogP contribution is 2.28. The van der Waals surface area contributed by atoms with Crippen molar-refractivity contribution in [3.63, 3.8) is 0 Å². The number of anilines is 1. The molecule has 0 saturated carbocycles. The molecule has 2 rings (SSSR count). The van der Waals surface area contributed by atoms with E-state index in [1.807, 2.05) is 18.2 Å². The Morgan fingerprint density at radius 1 is 1.47 bits per heavy atom. The Morgan fingerprint density at radius 3 is 2.93 bits per heavy atom. The molecule has 4 heteroatoms. The second kappa shape index (κ2) is 3.74. The molecule has 15 heavy (non-hydrogen) atoms. The molecule has 78 valence electrons. The van der Waals surface area contributed by atoms with Gasteiger partial charge in [0.1, 0.15) is 11.3 Å². The first-order valence-electron chi connectivity index (χ1n) is 4.59. The summed E-state index contributed by atoms with van der Waals surface area (Å²) in [6.45, 7) is -0.0992. The van der Waals surface area contributed by atoms with Crippen molar-refractivity contribution < 1.29 is 9.84 Å². The van der Waals surface area contributed by atoms with Crippen LogP contribution in [0.2, 0.25) is 0 Å². The summed E-state index contributed by atoms with van der Waals surface area (Å²) in [6, 6.07) is 5.54. The van der Waals surface area contributed by atoms with Gasteiger partial charge in [-0.25, -0.2) is 0 Å². The van der Waals surface area contributed by atoms with Crippen molar-refractivity contribution in [2.45, 2.75) is 6.61 Å². The number of methoxy groups -OCH3 is 1. The van der Waals surface area contributed by atoms with Crippen LogP contribution in [0.4, 0.5) is 5.69 Å². The average Bonchev–Trinajstić information content (AvgIpc) is 2.28. The summed E-state index contributed by atoms with van der Waals surface area (Å²) >= 11 is 0. The number of hydrogen-bond donors (Lipinski definition) is 2. The number of aromatic nitrogens is 1. The molecule has 1 heterocycles. The Labute approximate surface area is 87.3 Å². The summed E-state index contributed by atoms with van der Waals surface area (Å²) < 4.78 is 5.18. The van der Waals surface area contributed by atoms with E-state index in [0.29, 0.717) is 17.0 Å². The molecule has 0 aliphatic carbocycles. The second-order valence-electron chi connectivity index (χ2n) is 3.21. The van der Waals surface area contributed by atoms with Gasteiger partial charge in [0, 0.05) is 10.9 Å². The van der Waals surface area contributed by atoms with Crippen molar-refractivity contribution in [2.24, 2.45) is 0 Å². The Morgan fingerprint density at radius 2 is 2.27 bits per heavy atom. The summed E-state index contributed by atoms with van der Waals surface area (Å²) in [6.07, 6.45) is 1.54. The van der Waals surface area contributed by atoms with Gasteiger partial charge >= 0.3 is 0 Å². The Hall–Kier alpha value is -1.81. The molecule has 0 aliphatic heterocycles. The number of pyridine rings is 1. The van der Waals surface area contributed by atoms with Crippen LogP contribution in [0.1, 0.15) is 5.56 Å². The van der Waals surface area contributed by atoms with Gasteiger partial charge in [-0.1, -0.05) is 12.1 Å². The van der Waals surface area contributed by atoms with Crippen molar-refractivity contribution >= 4 is 16.6 Å². The van der Waals surface area contributed by atoms with Crippen LogP contribution >= 0.6 is 0 Å². The average molecular weight is 204 g/mol. The molecule has 0 aliphatic rings. The predicted molar refractivity (Wildman–Crippen MR) is 58.6 cm³/mol. The normalized spacial score (nSPS) is 10.5. The van der Waals surface area contributed by atoms with Crippen LogP contribution in [0.3, 0.4) is 0 Å². The third-order valence-electron chi connectivity index (χ3n) is 2.38. The molecule has 0 atom stereocenters. The maximum absolute atomic E-state index is 9.23. The summed E-state index contributed by atoms with van der Waals surface area (Å²) in [5, 5.41) is 10.1. The van der Waals surface area contributed by atoms with Gasteiger partial charge < -0.3 is 15.6 Å². The van der Waals surface area contributed by atoms with Crippen molar-refractivity contribution in [1.82, 2.24) is 4.98 Å². The maximum atomic E-state index is 9.23. The molecule has 4 nitrogen and oxygen atoms in total. The minimum atomic E-state index is -0.0992. The van der Waals surface area contributed by atoms with Crippen LogP contribution in [-0.2, 0) is 6.61 Å². The first kappa shape index (κ1) is 9.73. The van der Waals surface area contributed by atoms with E-state index in [-0.39, 0.29) is 6.61 Å². The molecule has 0 spiro atoms. The molecule has 0 bridgehead atoms. The minimum Gasteiger partial charge on any atom is -0.494 e. The zero-order valence-corrected chi connectivity index (χ0v) is 8.40. The van der Waals surface area contributed by atoms with Gasteiger partial charge in [0.05, 0.1) is 25.6 Å². The summed E-state index contributed by atoms with van der Waals surface area (Å²) in [5.41, 5.74) is 7.64. The summed E-state index contributed by atoms with van der Waals surface area (Å²) in [4.78, 5) is 4.20. The third-order valence-corrected chi connectivity index (χ3v) is 2.38. The fraction of sp³-hybridized carbons (Fsp3) is 0.182. The van der Waals surface area contributed by atoms with E-state index in [4.69, 9.17) is 10.5 Å². The lowest BCUT2D eigenvalue weighted by molar-refractivity contribution is 0.284. The molecular weight excluding hydrogens is 192 g/mol. The number of benzene rings is 1. The second-order valence-corrected chi connectivity index (χ2v) is 3.21. The minimum absolute atomic E-state index is 0.0992. The fourth-order valence-electron chi connectivity index (χ4n) is 1.61. The lowest BCUT2D eigenvalue weighted by Crippen LogP contribution is -1.98. The van der Waals surface area contributed by atoms with Crippen molar-refractivity contribution in [3.8, 4) is 5.75 Å². The number of aliphatic hydroxyl groups is 1. The number of hydrogen-bond acceptors (Lipinski definition) is 4. The molecular formula is C11H12N2O2. The zero-order chi connectivity index (χ0) is 10.8. The van der Waals surface area contributed by atoms with E-state index in [1.165, 1.54) is 6.20 Å². The Bertz CT molecular complexity index is 497. The number of fused-ring (bicyclic) bond motifs is 1. The predicted octanol–water partition coefficient (Wildman–Crippen LogP) is 1.32. The fourth-order valence-corrected chi connectivity index (χ4v) is 1.61. The number of rotatable bonds is 2. The van der Waals surface area contributed by atoms with E-state index in [1.54, 1.807) is 7.11 Å². The monoisotopic (exact) mass is 204 g/mol. The maximum Gasteiger partial charge on any atom is 0.145 e. The van der Waals surface area contributed by atoms with Gasteiger partial charge in [-0.2, -0.15) is 0 Å². The molecule has 1 aromatic carbocycles. The van der Waals surface area contributed by atoms with Gasteiger partial charge in [-0.15, -0.1) is 0 Å². The molecule has 0 fully saturated rings. The molecule has 0 saturated heterocycles. The third kappa shape index (κ3) is 1.49. The topological polar surface area (TPSA) is 68.4 Å². The molecule has 1 aromatic heterocycles. The van der Waals surface area contributed by atoms with Crippen LogP contribution in [0, 0.1) is 0 Å². The Kier molecular flexibility index (Phi) is 2.43. The number of nitrogen functional groups attached to an aromatic ring is 1. The number of nitrogens with zero attached hydrogens (tertiary/aromatic N) is 1. The van der Waals surface area contributed by atoms with E-state index >= 15 is 0 Å². The van der Waals surface area contributed by atoms with E-state index < -0.39 is 0 Å². The highest BCUT2D eigenvalue weighted by Gasteiger charge is 2.08. The molecule has 0 radical (unpaired) electrons. The highest BCUT2D eigenvalue weighted by atomic mass is 16.5. The largest absolute Gasteiger partial charge is 0.494 e. The van der Waals surface area contributed by atoms with Crippen LogP contribution in [0.5, 0.6) is 5.75 Å². The molecule has 0 amide bonds. The zero-order valence-electron chi connectivity index (χ0n) is 8.40. The van der Waals surface area contributed by atoms with Crippen LogP contribution < -0.4 is 10.5 Å². The van der Waals surface area contributed by atoms with Crippen LogP contribution in [0.15, 0.2) is 24.4 Å². The van der Waals surface area contributed by atoms with Crippen molar-refractivity contribution in [2.75, 3.05) is 12.8 Å². The first-order chi connectivity index (χ1) is 7.27. The number of para-hydroxylation sites is 1.